The van der Waals surface area contributed by atoms with Crippen molar-refractivity contribution >= 4 is 5.71 Å². The molecule has 4 nitrogen and oxygen atoms in total. The van der Waals surface area contributed by atoms with Gasteiger partial charge in [-0.25, -0.2) is 0 Å². The average molecular weight is 413 g/mol. The normalized spacial score (nSPS) is 11.5. The Morgan fingerprint density at radius 2 is 1.61 bits per heavy atom. The summed E-state index contributed by atoms with van der Waals surface area (Å²) in [6.07, 6.45) is 2.24. The van der Waals surface area contributed by atoms with E-state index in [0.29, 0.717) is 23.3 Å². The molecule has 0 amide bonds. The number of ether oxygens (including phenoxy) is 1. The smallest absolute Gasteiger partial charge is 0.209 e. The maximum atomic E-state index is 11.2. The van der Waals surface area contributed by atoms with Gasteiger partial charge in [0.2, 0.25) is 6.10 Å². The topological polar surface area (TPSA) is 77.1 Å². The molecule has 0 bridgehead atoms. The molecular formula is C27H28N2O2. The fourth-order valence-corrected chi connectivity index (χ4v) is 3.72. The Labute approximate surface area is 184 Å². The van der Waals surface area contributed by atoms with E-state index >= 15 is 0 Å². The monoisotopic (exact) mass is 412 g/mol. The molecule has 31 heavy (non-hydrogen) atoms. The van der Waals surface area contributed by atoms with Gasteiger partial charge in [-0.15, -0.1) is 0 Å². The van der Waals surface area contributed by atoms with E-state index in [1.54, 1.807) is 0 Å². The molecule has 1 atom stereocenters. The molecule has 0 aromatic heterocycles. The second-order valence-electron chi connectivity index (χ2n) is 7.52. The van der Waals surface area contributed by atoms with Crippen molar-refractivity contribution in [2.24, 2.45) is 0 Å². The van der Waals surface area contributed by atoms with E-state index < -0.39 is 6.10 Å². The molecule has 3 rings (SSSR count). The zero-order valence-electron chi connectivity index (χ0n) is 18.1. The Bertz CT molecular complexity index is 1070. The van der Waals surface area contributed by atoms with E-state index in [1.165, 1.54) is 0 Å². The molecule has 0 aliphatic carbocycles. The molecule has 0 aliphatic rings. The van der Waals surface area contributed by atoms with Crippen LogP contribution in [0.15, 0.2) is 66.7 Å². The van der Waals surface area contributed by atoms with E-state index in [4.69, 9.17) is 10.1 Å². The average Bonchev–Trinajstić information content (AvgIpc) is 2.81. The maximum Gasteiger partial charge on any atom is 0.209 e. The zero-order chi connectivity index (χ0) is 22.2. The lowest BCUT2D eigenvalue weighted by Gasteiger charge is -2.22. The fourth-order valence-electron chi connectivity index (χ4n) is 3.72. The maximum absolute atomic E-state index is 11.2. The highest BCUT2D eigenvalue weighted by Crippen LogP contribution is 2.40. The summed E-state index contributed by atoms with van der Waals surface area (Å²) in [6.45, 7) is 4.12. The minimum atomic E-state index is -0.772. The van der Waals surface area contributed by atoms with Gasteiger partial charge in [-0.3, -0.25) is 5.41 Å². The summed E-state index contributed by atoms with van der Waals surface area (Å²) in [7, 11) is 0. The van der Waals surface area contributed by atoms with Gasteiger partial charge in [-0.1, -0.05) is 87.4 Å². The number of aryl methyl sites for hydroxylation is 1. The fraction of sp³-hybridized carbons (Fsp3) is 0.259. The van der Waals surface area contributed by atoms with Crippen LogP contribution < -0.4 is 4.74 Å². The van der Waals surface area contributed by atoms with Gasteiger partial charge in [0, 0.05) is 22.3 Å². The summed E-state index contributed by atoms with van der Waals surface area (Å²) < 4.78 is 6.25. The Morgan fingerprint density at radius 3 is 2.19 bits per heavy atom. The predicted octanol–water partition coefficient (Wildman–Crippen LogP) is 6.36. The molecule has 0 saturated carbocycles. The Kier molecular flexibility index (Phi) is 7.45. The van der Waals surface area contributed by atoms with Crippen LogP contribution in [0.25, 0.3) is 0 Å². The molecule has 0 spiro atoms. The van der Waals surface area contributed by atoms with E-state index in [9.17, 15) is 10.4 Å². The van der Waals surface area contributed by atoms with Crippen molar-refractivity contribution in [2.75, 3.05) is 0 Å². The number of rotatable bonds is 9. The van der Waals surface area contributed by atoms with Crippen molar-refractivity contribution in [2.45, 2.75) is 45.6 Å². The molecule has 158 valence electrons. The molecule has 4 heteroatoms. The van der Waals surface area contributed by atoms with Crippen molar-refractivity contribution in [3.05, 3.63) is 94.5 Å². The standard InChI is InChI=1S/C27H28N2O2/c1-3-11-21-17-23(25(29)20-15-9-6-10-16-20)26(30)22(12-4-2)27(21)31-24(18-28)19-13-7-5-8-14-19/h5-10,13-17,24,29-30H,3-4,11-12H2,1-2H3. The summed E-state index contributed by atoms with van der Waals surface area (Å²) in [5, 5.41) is 29.6. The van der Waals surface area contributed by atoms with Crippen LogP contribution in [0, 0.1) is 16.7 Å². The molecule has 0 saturated heterocycles. The number of phenols is 1. The summed E-state index contributed by atoms with van der Waals surface area (Å²) in [6, 6.07) is 22.9. The number of hydrogen-bond donors (Lipinski definition) is 2. The van der Waals surface area contributed by atoms with Crippen LogP contribution in [0.4, 0.5) is 0 Å². The molecule has 0 radical (unpaired) electrons. The third kappa shape index (κ3) is 4.95. The number of aromatic hydroxyl groups is 1. The van der Waals surface area contributed by atoms with Crippen molar-refractivity contribution in [1.82, 2.24) is 0 Å². The van der Waals surface area contributed by atoms with Gasteiger partial charge in [-0.2, -0.15) is 5.26 Å². The minimum absolute atomic E-state index is 0.0651. The van der Waals surface area contributed by atoms with E-state index in [2.05, 4.69) is 13.0 Å². The van der Waals surface area contributed by atoms with Crippen LogP contribution in [-0.2, 0) is 12.8 Å². The van der Waals surface area contributed by atoms with E-state index in [0.717, 1.165) is 36.0 Å². The highest BCUT2D eigenvalue weighted by molar-refractivity contribution is 6.13. The number of benzene rings is 3. The Balaban J connectivity index is 2.13. The van der Waals surface area contributed by atoms with Crippen molar-refractivity contribution < 1.29 is 9.84 Å². The van der Waals surface area contributed by atoms with Crippen LogP contribution >= 0.6 is 0 Å². The van der Waals surface area contributed by atoms with Gasteiger partial charge in [0.15, 0.2) is 0 Å². The SMILES string of the molecule is CCCc1cc(C(=N)c2ccccc2)c(O)c(CCC)c1OC(C#N)c1ccccc1. The Morgan fingerprint density at radius 1 is 1.00 bits per heavy atom. The molecule has 0 aliphatic heterocycles. The number of nitriles is 1. The number of phenolic OH excluding ortho intramolecular Hbond substituents is 1. The van der Waals surface area contributed by atoms with Crippen molar-refractivity contribution in [3.63, 3.8) is 0 Å². The van der Waals surface area contributed by atoms with Gasteiger partial charge < -0.3 is 9.84 Å². The van der Waals surface area contributed by atoms with Gasteiger partial charge in [-0.05, 0) is 24.5 Å². The first kappa shape index (κ1) is 22.1. The Hall–Kier alpha value is -3.58. The quantitative estimate of drug-likeness (QED) is 0.402. The third-order valence-corrected chi connectivity index (χ3v) is 5.23. The molecule has 1 unspecified atom stereocenters. The van der Waals surface area contributed by atoms with Gasteiger partial charge in [0.25, 0.3) is 0 Å². The lowest BCUT2D eigenvalue weighted by molar-refractivity contribution is 0.255. The first-order valence-electron chi connectivity index (χ1n) is 10.7. The zero-order valence-corrected chi connectivity index (χ0v) is 18.1. The van der Waals surface area contributed by atoms with Crippen LogP contribution in [-0.4, -0.2) is 10.8 Å². The largest absolute Gasteiger partial charge is 0.507 e. The third-order valence-electron chi connectivity index (χ3n) is 5.23. The summed E-state index contributed by atoms with van der Waals surface area (Å²) in [5.41, 5.74) is 3.87. The summed E-state index contributed by atoms with van der Waals surface area (Å²) >= 11 is 0. The van der Waals surface area contributed by atoms with Gasteiger partial charge in [0.1, 0.15) is 17.6 Å². The molecule has 3 aromatic carbocycles. The van der Waals surface area contributed by atoms with Gasteiger partial charge in [0.05, 0.1) is 5.71 Å². The molecule has 3 aromatic rings. The van der Waals surface area contributed by atoms with Crippen LogP contribution in [0.1, 0.15) is 60.6 Å². The first-order valence-corrected chi connectivity index (χ1v) is 10.7. The highest BCUT2D eigenvalue weighted by Gasteiger charge is 2.24. The summed E-state index contributed by atoms with van der Waals surface area (Å²) in [4.78, 5) is 0. The molecule has 0 fully saturated rings. The van der Waals surface area contributed by atoms with E-state index in [-0.39, 0.29) is 11.5 Å². The molecule has 2 N–H and O–H groups in total. The van der Waals surface area contributed by atoms with Crippen LogP contribution in [0.2, 0.25) is 0 Å². The predicted molar refractivity (Wildman–Crippen MR) is 124 cm³/mol. The van der Waals surface area contributed by atoms with E-state index in [1.807, 2.05) is 73.7 Å². The number of nitrogens with one attached hydrogen (secondary N) is 1. The summed E-state index contributed by atoms with van der Waals surface area (Å²) in [5.74, 6) is 0.636. The van der Waals surface area contributed by atoms with Crippen molar-refractivity contribution in [1.29, 1.82) is 10.7 Å². The van der Waals surface area contributed by atoms with Gasteiger partial charge >= 0.3 is 0 Å². The second-order valence-corrected chi connectivity index (χ2v) is 7.52. The number of hydrogen-bond acceptors (Lipinski definition) is 4. The lowest BCUT2D eigenvalue weighted by atomic mass is 9.92. The van der Waals surface area contributed by atoms with Crippen LogP contribution in [0.5, 0.6) is 11.5 Å². The number of nitrogens with zero attached hydrogens (tertiary/aromatic N) is 1. The highest BCUT2D eigenvalue weighted by atomic mass is 16.5. The molecule has 0 heterocycles. The minimum Gasteiger partial charge on any atom is -0.507 e. The second kappa shape index (κ2) is 10.4. The van der Waals surface area contributed by atoms with Crippen molar-refractivity contribution in [3.8, 4) is 17.6 Å². The molecular weight excluding hydrogens is 384 g/mol. The lowest BCUT2D eigenvalue weighted by Crippen LogP contribution is -2.11. The first-order chi connectivity index (χ1) is 15.1. The van der Waals surface area contributed by atoms with Crippen LogP contribution in [0.3, 0.4) is 0 Å².